The van der Waals surface area contributed by atoms with Gasteiger partial charge in [-0.05, 0) is 51.1 Å². The zero-order valence-electron chi connectivity index (χ0n) is 12.3. The Bertz CT molecular complexity index is 273. The van der Waals surface area contributed by atoms with E-state index in [-0.39, 0.29) is 24.0 Å². The number of nitrogens with one attached hydrogen (secondary N) is 2. The zero-order valence-corrected chi connectivity index (χ0v) is 14.7. The lowest BCUT2D eigenvalue weighted by Crippen LogP contribution is -2.46. The topological polar surface area (TPSA) is 39.7 Å². The van der Waals surface area contributed by atoms with E-state index in [1.807, 2.05) is 7.05 Å². The van der Waals surface area contributed by atoms with Gasteiger partial charge in [0.1, 0.15) is 0 Å². The summed E-state index contributed by atoms with van der Waals surface area (Å²) in [4.78, 5) is 6.91. The van der Waals surface area contributed by atoms with Crippen LogP contribution in [0.15, 0.2) is 4.99 Å². The standard InChI is InChI=1S/C14H28N4.HI/c1-3-13(18-8-4-5-9-18)11-17-14(15-2)16-10-12-6-7-12;/h12-13H,3-11H2,1-2H3,(H2,15,16,17);1H. The third-order valence-corrected chi connectivity index (χ3v) is 4.11. The van der Waals surface area contributed by atoms with Crippen molar-refractivity contribution in [3.05, 3.63) is 0 Å². The highest BCUT2D eigenvalue weighted by Gasteiger charge is 2.22. The Morgan fingerprint density at radius 1 is 1.26 bits per heavy atom. The number of nitrogens with zero attached hydrogens (tertiary/aromatic N) is 2. The van der Waals surface area contributed by atoms with Crippen LogP contribution in [0.1, 0.15) is 39.0 Å². The van der Waals surface area contributed by atoms with E-state index in [1.54, 1.807) is 0 Å². The number of guanidine groups is 1. The first kappa shape index (κ1) is 17.0. The van der Waals surface area contributed by atoms with Crippen molar-refractivity contribution < 1.29 is 0 Å². The van der Waals surface area contributed by atoms with Gasteiger partial charge in [0.25, 0.3) is 0 Å². The van der Waals surface area contributed by atoms with Crippen molar-refractivity contribution in [2.24, 2.45) is 10.9 Å². The fraction of sp³-hybridized carbons (Fsp3) is 0.929. The van der Waals surface area contributed by atoms with E-state index >= 15 is 0 Å². The predicted molar refractivity (Wildman–Crippen MR) is 92.4 cm³/mol. The van der Waals surface area contributed by atoms with Crippen LogP contribution in [0.4, 0.5) is 0 Å². The largest absolute Gasteiger partial charge is 0.356 e. The third-order valence-electron chi connectivity index (χ3n) is 4.11. The summed E-state index contributed by atoms with van der Waals surface area (Å²) in [6.07, 6.45) is 6.72. The molecule has 2 aliphatic rings. The van der Waals surface area contributed by atoms with Gasteiger partial charge in [0.05, 0.1) is 0 Å². The molecule has 0 amide bonds. The van der Waals surface area contributed by atoms with Crippen molar-refractivity contribution in [3.63, 3.8) is 0 Å². The smallest absolute Gasteiger partial charge is 0.191 e. The first-order valence-corrected chi connectivity index (χ1v) is 7.52. The third kappa shape index (κ3) is 5.85. The Morgan fingerprint density at radius 3 is 2.47 bits per heavy atom. The maximum absolute atomic E-state index is 4.30. The Kier molecular flexibility index (Phi) is 8.06. The molecule has 0 aromatic rings. The average molecular weight is 380 g/mol. The van der Waals surface area contributed by atoms with Gasteiger partial charge in [0.2, 0.25) is 0 Å². The van der Waals surface area contributed by atoms with Crippen LogP contribution in [0.5, 0.6) is 0 Å². The molecular weight excluding hydrogens is 351 g/mol. The number of hydrogen-bond donors (Lipinski definition) is 2. The van der Waals surface area contributed by atoms with Gasteiger partial charge in [0, 0.05) is 26.2 Å². The quantitative estimate of drug-likeness (QED) is 0.421. The molecule has 0 bridgehead atoms. The number of hydrogen-bond acceptors (Lipinski definition) is 2. The van der Waals surface area contributed by atoms with Gasteiger partial charge in [-0.25, -0.2) is 0 Å². The van der Waals surface area contributed by atoms with E-state index in [1.165, 1.54) is 45.2 Å². The van der Waals surface area contributed by atoms with E-state index in [2.05, 4.69) is 27.4 Å². The summed E-state index contributed by atoms with van der Waals surface area (Å²) >= 11 is 0. The summed E-state index contributed by atoms with van der Waals surface area (Å²) in [5, 5.41) is 6.90. The molecule has 0 radical (unpaired) electrons. The van der Waals surface area contributed by atoms with Gasteiger partial charge in [0.15, 0.2) is 5.96 Å². The fourth-order valence-corrected chi connectivity index (χ4v) is 2.64. The number of aliphatic imine (C=N–C) groups is 1. The number of likely N-dealkylation sites (tertiary alicyclic amines) is 1. The van der Waals surface area contributed by atoms with E-state index in [4.69, 9.17) is 0 Å². The normalized spacial score (nSPS) is 21.9. The molecule has 5 heteroatoms. The van der Waals surface area contributed by atoms with Crippen LogP contribution in [0.2, 0.25) is 0 Å². The lowest BCUT2D eigenvalue weighted by Gasteiger charge is -2.27. The molecule has 2 fully saturated rings. The van der Waals surface area contributed by atoms with Crippen molar-refractivity contribution in [2.45, 2.75) is 45.1 Å². The average Bonchev–Trinajstić information content (AvgIpc) is 3.07. The van der Waals surface area contributed by atoms with Gasteiger partial charge in [-0.1, -0.05) is 6.92 Å². The van der Waals surface area contributed by atoms with Crippen molar-refractivity contribution in [2.75, 3.05) is 33.2 Å². The van der Waals surface area contributed by atoms with E-state index < -0.39 is 0 Å². The van der Waals surface area contributed by atoms with Crippen LogP contribution < -0.4 is 10.6 Å². The minimum absolute atomic E-state index is 0. The van der Waals surface area contributed by atoms with Gasteiger partial charge in [-0.2, -0.15) is 0 Å². The Balaban J connectivity index is 0.00000180. The fourth-order valence-electron chi connectivity index (χ4n) is 2.64. The summed E-state index contributed by atoms with van der Waals surface area (Å²) in [7, 11) is 1.86. The van der Waals surface area contributed by atoms with Crippen molar-refractivity contribution >= 4 is 29.9 Å². The van der Waals surface area contributed by atoms with Crippen LogP contribution >= 0.6 is 24.0 Å². The molecule has 2 rings (SSSR count). The lowest BCUT2D eigenvalue weighted by molar-refractivity contribution is 0.236. The molecular formula is C14H29IN4. The molecule has 112 valence electrons. The Labute approximate surface area is 134 Å². The van der Waals surface area contributed by atoms with Crippen LogP contribution in [0, 0.1) is 5.92 Å². The van der Waals surface area contributed by atoms with Gasteiger partial charge in [-0.3, -0.25) is 9.89 Å². The van der Waals surface area contributed by atoms with Crippen LogP contribution in [-0.2, 0) is 0 Å². The molecule has 4 nitrogen and oxygen atoms in total. The van der Waals surface area contributed by atoms with Crippen molar-refractivity contribution in [3.8, 4) is 0 Å². The molecule has 2 N–H and O–H groups in total. The van der Waals surface area contributed by atoms with Gasteiger partial charge < -0.3 is 10.6 Å². The molecule has 0 spiro atoms. The number of rotatable bonds is 6. The summed E-state index contributed by atoms with van der Waals surface area (Å²) in [6.45, 7) is 6.93. The van der Waals surface area contributed by atoms with Gasteiger partial charge in [-0.15, -0.1) is 24.0 Å². The highest BCUT2D eigenvalue weighted by molar-refractivity contribution is 14.0. The number of halogens is 1. The summed E-state index contributed by atoms with van der Waals surface area (Å²) in [5.74, 6) is 1.86. The molecule has 0 aromatic carbocycles. The SMILES string of the molecule is CCC(CNC(=NC)NCC1CC1)N1CCCC1.I. The monoisotopic (exact) mass is 380 g/mol. The van der Waals surface area contributed by atoms with E-state index in [9.17, 15) is 0 Å². The molecule has 1 aliphatic heterocycles. The molecule has 1 aliphatic carbocycles. The zero-order chi connectivity index (χ0) is 12.8. The molecule has 1 saturated heterocycles. The lowest BCUT2D eigenvalue weighted by atomic mass is 10.2. The second-order valence-electron chi connectivity index (χ2n) is 5.58. The molecule has 1 saturated carbocycles. The minimum atomic E-state index is 0. The van der Waals surface area contributed by atoms with Gasteiger partial charge >= 0.3 is 0 Å². The maximum Gasteiger partial charge on any atom is 0.191 e. The summed E-state index contributed by atoms with van der Waals surface area (Å²) < 4.78 is 0. The second kappa shape index (κ2) is 9.00. The van der Waals surface area contributed by atoms with Crippen LogP contribution in [0.3, 0.4) is 0 Å². The minimum Gasteiger partial charge on any atom is -0.356 e. The molecule has 1 unspecified atom stereocenters. The molecule has 1 atom stereocenters. The second-order valence-corrected chi connectivity index (χ2v) is 5.58. The Hall–Kier alpha value is -0.0400. The van der Waals surface area contributed by atoms with Crippen molar-refractivity contribution in [1.82, 2.24) is 15.5 Å². The Morgan fingerprint density at radius 2 is 1.95 bits per heavy atom. The highest BCUT2D eigenvalue weighted by Crippen LogP contribution is 2.27. The van der Waals surface area contributed by atoms with Crippen LogP contribution in [0.25, 0.3) is 0 Å². The first-order valence-electron chi connectivity index (χ1n) is 7.52. The van der Waals surface area contributed by atoms with E-state index in [0.29, 0.717) is 6.04 Å². The molecule has 19 heavy (non-hydrogen) atoms. The molecule has 0 aromatic heterocycles. The summed E-state index contributed by atoms with van der Waals surface area (Å²) in [5.41, 5.74) is 0. The van der Waals surface area contributed by atoms with Crippen molar-refractivity contribution in [1.29, 1.82) is 0 Å². The summed E-state index contributed by atoms with van der Waals surface area (Å²) in [6, 6.07) is 0.659. The first-order chi connectivity index (χ1) is 8.83. The molecule has 1 heterocycles. The highest BCUT2D eigenvalue weighted by atomic mass is 127. The maximum atomic E-state index is 4.30. The van der Waals surface area contributed by atoms with Crippen LogP contribution in [-0.4, -0.2) is 50.1 Å². The predicted octanol–water partition coefficient (Wildman–Crippen LogP) is 2.05. The van der Waals surface area contributed by atoms with E-state index in [0.717, 1.165) is 25.0 Å².